The minimum absolute atomic E-state index is 0.106. The molecule has 0 amide bonds. The molecule has 70 heavy (non-hydrogen) atoms. The molecule has 0 radical (unpaired) electrons. The van der Waals surface area contributed by atoms with E-state index >= 15 is 0 Å². The first kappa shape index (κ1) is 66.3. The van der Waals surface area contributed by atoms with E-state index in [4.69, 9.17) is 14.2 Å². The molecule has 6 nitrogen and oxygen atoms in total. The van der Waals surface area contributed by atoms with Crippen molar-refractivity contribution in [3.8, 4) is 0 Å². The average Bonchev–Trinajstić information content (AvgIpc) is 3.36. The summed E-state index contributed by atoms with van der Waals surface area (Å²) in [7, 11) is 0. The Kier molecular flexibility index (Phi) is 54.9. The summed E-state index contributed by atoms with van der Waals surface area (Å²) in [6.07, 6.45) is 76.8. The van der Waals surface area contributed by atoms with Gasteiger partial charge in [0, 0.05) is 19.3 Å². The molecule has 0 fully saturated rings. The quantitative estimate of drug-likeness (QED) is 0.0199. The summed E-state index contributed by atoms with van der Waals surface area (Å²) in [6.45, 7) is 6.53. The molecule has 0 heterocycles. The standard InChI is InChI=1S/C64H108O6/c1-4-7-10-13-16-19-22-25-28-31-34-36-39-42-45-48-51-54-57-63(66)69-60-61(70-64(67)58-55-52-49-46-43-40-37-33-30-27-24-21-18-15-12-9-6-3)59-68-62(65)56-53-50-47-44-41-38-35-32-29-26-23-20-17-14-11-8-5-2/h16,18-19,21-22,25,27-28,30-31,34,36-37,40,46,49,61H,4-15,17,20,23-24,26,29,32-33,35,38-39,41-45,47-48,50-60H2,1-3H3/b19-16-,21-18-,25-22-,30-27-,31-28-,36-34-,40-37-,49-46-. The van der Waals surface area contributed by atoms with Crippen LogP contribution in [0.25, 0.3) is 0 Å². The molecule has 0 aromatic rings. The Morgan fingerprint density at radius 3 is 1.00 bits per heavy atom. The highest BCUT2D eigenvalue weighted by Crippen LogP contribution is 2.15. The largest absolute Gasteiger partial charge is 0.462 e. The SMILES string of the molecule is CCCCC\C=C/C=C\C=C/C=C\CCCCCCCC(=O)OCC(COC(=O)CCCCCCCCCCCCCCCCCCC)OC(=O)CCC/C=C\C/C=C\C/C=C\C/C=C\CCCCC. The van der Waals surface area contributed by atoms with Gasteiger partial charge in [0.25, 0.3) is 0 Å². The summed E-state index contributed by atoms with van der Waals surface area (Å²) in [5.41, 5.74) is 0. The van der Waals surface area contributed by atoms with Crippen molar-refractivity contribution in [1.82, 2.24) is 0 Å². The number of unbranched alkanes of at least 4 members (excludes halogenated alkanes) is 28. The first-order chi connectivity index (χ1) is 34.5. The van der Waals surface area contributed by atoms with E-state index in [1.807, 2.05) is 0 Å². The molecule has 0 N–H and O–H groups in total. The highest BCUT2D eigenvalue weighted by molar-refractivity contribution is 5.71. The molecule has 0 spiro atoms. The van der Waals surface area contributed by atoms with E-state index in [2.05, 4.69) is 118 Å². The second kappa shape index (κ2) is 57.9. The normalized spacial score (nSPS) is 12.8. The van der Waals surface area contributed by atoms with Crippen LogP contribution in [0.3, 0.4) is 0 Å². The van der Waals surface area contributed by atoms with Gasteiger partial charge in [-0.05, 0) is 83.5 Å². The van der Waals surface area contributed by atoms with Gasteiger partial charge in [-0.1, -0.05) is 266 Å². The zero-order chi connectivity index (χ0) is 50.7. The van der Waals surface area contributed by atoms with Crippen LogP contribution in [0.5, 0.6) is 0 Å². The van der Waals surface area contributed by atoms with Crippen molar-refractivity contribution >= 4 is 17.9 Å². The second-order valence-electron chi connectivity index (χ2n) is 19.3. The Hall–Kier alpha value is -3.67. The van der Waals surface area contributed by atoms with Gasteiger partial charge in [-0.15, -0.1) is 0 Å². The first-order valence-electron chi connectivity index (χ1n) is 29.3. The van der Waals surface area contributed by atoms with Crippen molar-refractivity contribution < 1.29 is 28.6 Å². The maximum atomic E-state index is 12.8. The molecule has 1 unspecified atom stereocenters. The van der Waals surface area contributed by atoms with Crippen molar-refractivity contribution in [2.75, 3.05) is 13.2 Å². The highest BCUT2D eigenvalue weighted by atomic mass is 16.6. The number of ether oxygens (including phenoxy) is 3. The van der Waals surface area contributed by atoms with Gasteiger partial charge < -0.3 is 14.2 Å². The number of rotatable bonds is 52. The van der Waals surface area contributed by atoms with E-state index in [0.29, 0.717) is 19.3 Å². The lowest BCUT2D eigenvalue weighted by Crippen LogP contribution is -2.30. The number of hydrogen-bond donors (Lipinski definition) is 0. The topological polar surface area (TPSA) is 78.9 Å². The van der Waals surface area contributed by atoms with Gasteiger partial charge in [0.1, 0.15) is 13.2 Å². The zero-order valence-corrected chi connectivity index (χ0v) is 45.8. The van der Waals surface area contributed by atoms with Crippen LogP contribution in [-0.4, -0.2) is 37.2 Å². The lowest BCUT2D eigenvalue weighted by atomic mass is 10.0. The maximum absolute atomic E-state index is 12.8. The molecule has 0 saturated carbocycles. The highest BCUT2D eigenvalue weighted by Gasteiger charge is 2.19. The molecular formula is C64H108O6. The molecular weight excluding hydrogens is 865 g/mol. The molecule has 6 heteroatoms. The van der Waals surface area contributed by atoms with Crippen LogP contribution in [0.15, 0.2) is 97.2 Å². The summed E-state index contributed by atoms with van der Waals surface area (Å²) in [5.74, 6) is -0.980. The lowest BCUT2D eigenvalue weighted by Gasteiger charge is -2.18. The lowest BCUT2D eigenvalue weighted by molar-refractivity contribution is -0.167. The smallest absolute Gasteiger partial charge is 0.306 e. The van der Waals surface area contributed by atoms with Crippen molar-refractivity contribution in [2.24, 2.45) is 0 Å². The van der Waals surface area contributed by atoms with Crippen molar-refractivity contribution in [3.05, 3.63) is 97.2 Å². The van der Waals surface area contributed by atoms with Crippen LogP contribution in [0, 0.1) is 0 Å². The minimum Gasteiger partial charge on any atom is -0.462 e. The van der Waals surface area contributed by atoms with Crippen molar-refractivity contribution in [3.63, 3.8) is 0 Å². The maximum Gasteiger partial charge on any atom is 0.306 e. The van der Waals surface area contributed by atoms with Crippen molar-refractivity contribution in [2.45, 2.75) is 277 Å². The van der Waals surface area contributed by atoms with E-state index < -0.39 is 6.10 Å². The third kappa shape index (κ3) is 55.3. The number of carbonyl (C=O) groups excluding carboxylic acids is 3. The Labute approximate surface area is 432 Å². The van der Waals surface area contributed by atoms with E-state index in [0.717, 1.165) is 89.9 Å². The Morgan fingerprint density at radius 1 is 0.300 bits per heavy atom. The van der Waals surface area contributed by atoms with Crippen LogP contribution in [0.4, 0.5) is 0 Å². The molecule has 0 aromatic heterocycles. The van der Waals surface area contributed by atoms with Crippen LogP contribution < -0.4 is 0 Å². The van der Waals surface area contributed by atoms with Crippen LogP contribution in [0.1, 0.15) is 271 Å². The zero-order valence-electron chi connectivity index (χ0n) is 45.8. The third-order valence-corrected chi connectivity index (χ3v) is 12.4. The Bertz CT molecular complexity index is 1400. The van der Waals surface area contributed by atoms with Crippen molar-refractivity contribution in [1.29, 1.82) is 0 Å². The van der Waals surface area contributed by atoms with E-state index in [-0.39, 0.29) is 37.5 Å². The van der Waals surface area contributed by atoms with Gasteiger partial charge in [0.05, 0.1) is 0 Å². The third-order valence-electron chi connectivity index (χ3n) is 12.4. The predicted octanol–water partition coefficient (Wildman–Crippen LogP) is 19.7. The van der Waals surface area contributed by atoms with E-state index in [9.17, 15) is 14.4 Å². The Morgan fingerprint density at radius 2 is 0.586 bits per heavy atom. The molecule has 0 bridgehead atoms. The summed E-state index contributed by atoms with van der Waals surface area (Å²) in [6, 6.07) is 0. The molecule has 0 aromatic carbocycles. The monoisotopic (exact) mass is 973 g/mol. The summed E-state index contributed by atoms with van der Waals surface area (Å²) >= 11 is 0. The minimum atomic E-state index is -0.816. The van der Waals surface area contributed by atoms with Crippen LogP contribution in [-0.2, 0) is 28.6 Å². The van der Waals surface area contributed by atoms with Gasteiger partial charge in [-0.3, -0.25) is 14.4 Å². The fourth-order valence-electron chi connectivity index (χ4n) is 7.98. The van der Waals surface area contributed by atoms with E-state index in [1.165, 1.54) is 135 Å². The summed E-state index contributed by atoms with van der Waals surface area (Å²) in [5, 5.41) is 0. The average molecular weight is 974 g/mol. The molecule has 0 aliphatic rings. The molecule has 0 saturated heterocycles. The molecule has 0 rings (SSSR count). The summed E-state index contributed by atoms with van der Waals surface area (Å²) < 4.78 is 16.8. The second-order valence-corrected chi connectivity index (χ2v) is 19.3. The van der Waals surface area contributed by atoms with Gasteiger partial charge in [0.2, 0.25) is 0 Å². The first-order valence-corrected chi connectivity index (χ1v) is 29.3. The fourth-order valence-corrected chi connectivity index (χ4v) is 7.98. The van der Waals surface area contributed by atoms with Gasteiger partial charge in [-0.2, -0.15) is 0 Å². The number of hydrogen-bond acceptors (Lipinski definition) is 6. The molecule has 0 aliphatic heterocycles. The number of carbonyl (C=O) groups is 3. The molecule has 400 valence electrons. The van der Waals surface area contributed by atoms with Gasteiger partial charge in [0.15, 0.2) is 6.10 Å². The number of esters is 3. The Balaban J connectivity index is 4.51. The van der Waals surface area contributed by atoms with Gasteiger partial charge >= 0.3 is 17.9 Å². The molecule has 0 aliphatic carbocycles. The van der Waals surface area contributed by atoms with Gasteiger partial charge in [-0.25, -0.2) is 0 Å². The summed E-state index contributed by atoms with van der Waals surface area (Å²) in [4.78, 5) is 38.2. The fraction of sp³-hybridized carbons (Fsp3) is 0.703. The van der Waals surface area contributed by atoms with E-state index in [1.54, 1.807) is 0 Å². The predicted molar refractivity (Wildman–Crippen MR) is 302 cm³/mol. The van der Waals surface area contributed by atoms with Crippen LogP contribution >= 0.6 is 0 Å². The van der Waals surface area contributed by atoms with Crippen LogP contribution in [0.2, 0.25) is 0 Å². The molecule has 1 atom stereocenters. The number of allylic oxidation sites excluding steroid dienone is 16.